The van der Waals surface area contributed by atoms with E-state index in [0.29, 0.717) is 18.5 Å². The van der Waals surface area contributed by atoms with Gasteiger partial charge in [0.1, 0.15) is 11.9 Å². The molecule has 0 aliphatic carbocycles. The lowest BCUT2D eigenvalue weighted by molar-refractivity contribution is -0.128. The molecule has 2 N–H and O–H groups in total. The van der Waals surface area contributed by atoms with Crippen molar-refractivity contribution >= 4 is 11.9 Å². The van der Waals surface area contributed by atoms with Gasteiger partial charge in [0.25, 0.3) is 0 Å². The first-order valence-electron chi connectivity index (χ1n) is 6.49. The minimum Gasteiger partial charge on any atom is -0.344 e. The van der Waals surface area contributed by atoms with Crippen molar-refractivity contribution in [3.05, 3.63) is 35.1 Å². The molecule has 1 aliphatic rings. The topological polar surface area (TPSA) is 85.2 Å². The second kappa shape index (κ2) is 6.22. The number of halogens is 1. The Morgan fingerprint density at radius 2 is 2.33 bits per heavy atom. The van der Waals surface area contributed by atoms with Crippen LogP contribution in [0.2, 0.25) is 0 Å². The van der Waals surface area contributed by atoms with Crippen LogP contribution in [0.1, 0.15) is 17.5 Å². The Morgan fingerprint density at radius 1 is 1.57 bits per heavy atom. The van der Waals surface area contributed by atoms with Gasteiger partial charge in [0.2, 0.25) is 5.91 Å². The van der Waals surface area contributed by atoms with Crippen LogP contribution < -0.4 is 10.6 Å². The number of benzene rings is 1. The SMILES string of the molecule is CN1CC[C@@H](NC(=O)NCc2cc(C#N)ccc2F)C1=O. The number of hydrogen-bond donors (Lipinski definition) is 2. The molecular weight excluding hydrogens is 275 g/mol. The minimum atomic E-state index is -0.537. The van der Waals surface area contributed by atoms with E-state index in [1.165, 1.54) is 18.2 Å². The standard InChI is InChI=1S/C14H15FN4O2/c1-19-5-4-12(13(19)20)18-14(21)17-8-10-6-9(7-16)2-3-11(10)15/h2-3,6,12H,4-5,8H2,1H3,(H2,17,18,21)/t12-/m1/s1. The summed E-state index contributed by atoms with van der Waals surface area (Å²) in [5.74, 6) is -0.631. The van der Waals surface area contributed by atoms with Crippen LogP contribution in [0, 0.1) is 17.1 Å². The summed E-state index contributed by atoms with van der Waals surface area (Å²) in [7, 11) is 1.67. The van der Waals surface area contributed by atoms with E-state index >= 15 is 0 Å². The van der Waals surface area contributed by atoms with Gasteiger partial charge in [-0.2, -0.15) is 5.26 Å². The number of nitriles is 1. The lowest BCUT2D eigenvalue weighted by atomic mass is 10.1. The molecule has 21 heavy (non-hydrogen) atoms. The van der Waals surface area contributed by atoms with E-state index in [2.05, 4.69) is 10.6 Å². The van der Waals surface area contributed by atoms with Gasteiger partial charge in [-0.3, -0.25) is 4.79 Å². The zero-order chi connectivity index (χ0) is 15.4. The van der Waals surface area contributed by atoms with Gasteiger partial charge in [-0.05, 0) is 24.6 Å². The molecule has 0 spiro atoms. The van der Waals surface area contributed by atoms with Gasteiger partial charge in [0, 0.05) is 25.7 Å². The second-order valence-electron chi connectivity index (χ2n) is 4.85. The van der Waals surface area contributed by atoms with Gasteiger partial charge < -0.3 is 15.5 Å². The summed E-state index contributed by atoms with van der Waals surface area (Å²) in [5.41, 5.74) is 0.542. The van der Waals surface area contributed by atoms with Gasteiger partial charge in [-0.15, -0.1) is 0 Å². The van der Waals surface area contributed by atoms with Crippen LogP contribution >= 0.6 is 0 Å². The maximum atomic E-state index is 13.5. The molecule has 6 nitrogen and oxygen atoms in total. The van der Waals surface area contributed by atoms with Crippen molar-refractivity contribution in [1.29, 1.82) is 5.26 Å². The van der Waals surface area contributed by atoms with Crippen molar-refractivity contribution in [3.8, 4) is 6.07 Å². The van der Waals surface area contributed by atoms with Crippen LogP contribution in [-0.2, 0) is 11.3 Å². The molecule has 2 rings (SSSR count). The fraction of sp³-hybridized carbons (Fsp3) is 0.357. The van der Waals surface area contributed by atoms with Crippen molar-refractivity contribution in [2.75, 3.05) is 13.6 Å². The van der Waals surface area contributed by atoms with E-state index < -0.39 is 17.9 Å². The van der Waals surface area contributed by atoms with Crippen LogP contribution in [0.3, 0.4) is 0 Å². The Kier molecular flexibility index (Phi) is 4.38. The number of carbonyl (C=O) groups is 2. The number of hydrogen-bond acceptors (Lipinski definition) is 3. The molecule has 110 valence electrons. The average Bonchev–Trinajstić information content (AvgIpc) is 2.78. The first-order valence-corrected chi connectivity index (χ1v) is 6.49. The lowest BCUT2D eigenvalue weighted by Gasteiger charge is -2.13. The van der Waals surface area contributed by atoms with Gasteiger partial charge >= 0.3 is 6.03 Å². The van der Waals surface area contributed by atoms with E-state index in [9.17, 15) is 14.0 Å². The van der Waals surface area contributed by atoms with Crippen molar-refractivity contribution in [3.63, 3.8) is 0 Å². The highest BCUT2D eigenvalue weighted by Crippen LogP contribution is 2.10. The molecule has 0 saturated carbocycles. The van der Waals surface area contributed by atoms with Crippen LogP contribution in [0.25, 0.3) is 0 Å². The molecule has 1 aromatic rings. The molecule has 0 unspecified atom stereocenters. The molecule has 1 atom stereocenters. The number of likely N-dealkylation sites (tertiary alicyclic amines) is 1. The first-order chi connectivity index (χ1) is 10.0. The Balaban J connectivity index is 1.90. The van der Waals surface area contributed by atoms with Crippen molar-refractivity contribution in [2.24, 2.45) is 0 Å². The number of urea groups is 1. The number of nitrogens with zero attached hydrogens (tertiary/aromatic N) is 2. The van der Waals surface area contributed by atoms with Crippen LogP contribution in [0.15, 0.2) is 18.2 Å². The fourth-order valence-corrected chi connectivity index (χ4v) is 2.12. The summed E-state index contributed by atoms with van der Waals surface area (Å²) in [4.78, 5) is 24.9. The third kappa shape index (κ3) is 3.48. The second-order valence-corrected chi connectivity index (χ2v) is 4.85. The quantitative estimate of drug-likeness (QED) is 0.860. The van der Waals surface area contributed by atoms with Crippen LogP contribution in [-0.4, -0.2) is 36.5 Å². The zero-order valence-electron chi connectivity index (χ0n) is 11.5. The molecule has 0 aromatic heterocycles. The molecule has 1 aliphatic heterocycles. The Hall–Kier alpha value is -2.62. The lowest BCUT2D eigenvalue weighted by Crippen LogP contribution is -2.45. The highest BCUT2D eigenvalue weighted by molar-refractivity contribution is 5.88. The summed E-state index contributed by atoms with van der Waals surface area (Å²) in [6.45, 7) is 0.548. The Labute approximate surface area is 121 Å². The molecular formula is C14H15FN4O2. The average molecular weight is 290 g/mol. The number of amides is 3. The normalized spacial score (nSPS) is 17.5. The predicted molar refractivity (Wildman–Crippen MR) is 72.5 cm³/mol. The molecule has 1 aromatic carbocycles. The highest BCUT2D eigenvalue weighted by Gasteiger charge is 2.30. The minimum absolute atomic E-state index is 0.0517. The van der Waals surface area contributed by atoms with Gasteiger partial charge in [0.15, 0.2) is 0 Å². The third-order valence-electron chi connectivity index (χ3n) is 3.35. The number of rotatable bonds is 3. The van der Waals surface area contributed by atoms with Gasteiger partial charge in [-0.25, -0.2) is 9.18 Å². The third-order valence-corrected chi connectivity index (χ3v) is 3.35. The molecule has 0 radical (unpaired) electrons. The van der Waals surface area contributed by atoms with E-state index in [1.807, 2.05) is 6.07 Å². The Bertz CT molecular complexity index is 611. The monoisotopic (exact) mass is 290 g/mol. The number of carbonyl (C=O) groups excluding carboxylic acids is 2. The predicted octanol–water partition coefficient (Wildman–Crippen LogP) is 0.727. The van der Waals surface area contributed by atoms with E-state index in [1.54, 1.807) is 11.9 Å². The Morgan fingerprint density at radius 3 is 2.95 bits per heavy atom. The number of likely N-dealkylation sites (N-methyl/N-ethyl adjacent to an activating group) is 1. The van der Waals surface area contributed by atoms with E-state index in [0.717, 1.165) is 0 Å². The largest absolute Gasteiger partial charge is 0.344 e. The highest BCUT2D eigenvalue weighted by atomic mass is 19.1. The van der Waals surface area contributed by atoms with Crippen molar-refractivity contribution in [1.82, 2.24) is 15.5 Å². The first kappa shape index (κ1) is 14.8. The summed E-state index contributed by atoms with van der Waals surface area (Å²) < 4.78 is 13.5. The summed E-state index contributed by atoms with van der Waals surface area (Å²) in [6, 6.07) is 4.76. The smallest absolute Gasteiger partial charge is 0.315 e. The molecule has 0 bridgehead atoms. The maximum Gasteiger partial charge on any atom is 0.315 e. The molecule has 1 heterocycles. The fourth-order valence-electron chi connectivity index (χ4n) is 2.12. The summed E-state index contributed by atoms with van der Waals surface area (Å²) >= 11 is 0. The maximum absolute atomic E-state index is 13.5. The van der Waals surface area contributed by atoms with E-state index in [-0.39, 0.29) is 18.0 Å². The van der Waals surface area contributed by atoms with Crippen LogP contribution in [0.4, 0.5) is 9.18 Å². The molecule has 1 saturated heterocycles. The van der Waals surface area contributed by atoms with Crippen LogP contribution in [0.5, 0.6) is 0 Å². The molecule has 7 heteroatoms. The number of nitrogens with one attached hydrogen (secondary N) is 2. The van der Waals surface area contributed by atoms with Crippen molar-refractivity contribution in [2.45, 2.75) is 19.0 Å². The molecule has 1 fully saturated rings. The summed E-state index contributed by atoms with van der Waals surface area (Å²) in [5, 5.41) is 13.8. The summed E-state index contributed by atoms with van der Waals surface area (Å²) in [6.07, 6.45) is 0.557. The van der Waals surface area contributed by atoms with E-state index in [4.69, 9.17) is 5.26 Å². The zero-order valence-corrected chi connectivity index (χ0v) is 11.5. The van der Waals surface area contributed by atoms with Gasteiger partial charge in [0.05, 0.1) is 11.6 Å². The van der Waals surface area contributed by atoms with Gasteiger partial charge in [-0.1, -0.05) is 0 Å². The van der Waals surface area contributed by atoms with Crippen molar-refractivity contribution < 1.29 is 14.0 Å². The molecule has 3 amide bonds.